The van der Waals surface area contributed by atoms with E-state index in [2.05, 4.69) is 5.73 Å². The van der Waals surface area contributed by atoms with Crippen molar-refractivity contribution >= 4 is 0 Å². The summed E-state index contributed by atoms with van der Waals surface area (Å²) in [6.45, 7) is 0. The summed E-state index contributed by atoms with van der Waals surface area (Å²) in [4.78, 5) is 0. The molecule has 0 aromatic rings. The van der Waals surface area contributed by atoms with Crippen LogP contribution >= 0.6 is 0 Å². The van der Waals surface area contributed by atoms with E-state index >= 15 is 0 Å². The van der Waals surface area contributed by atoms with Gasteiger partial charge in [-0.1, -0.05) is 0 Å². The van der Waals surface area contributed by atoms with Gasteiger partial charge in [-0.15, -0.1) is 5.73 Å². The van der Waals surface area contributed by atoms with Crippen LogP contribution in [0.2, 0.25) is 0 Å². The van der Waals surface area contributed by atoms with Crippen molar-refractivity contribution in [1.82, 2.24) is 0 Å². The third-order valence-corrected chi connectivity index (χ3v) is 1.50. The van der Waals surface area contributed by atoms with Crippen LogP contribution in [0.1, 0.15) is 12.8 Å². The Balaban J connectivity index is 3.03. The zero-order chi connectivity index (χ0) is 9.19. The molecule has 0 nitrogen and oxygen atoms in total. The van der Waals surface area contributed by atoms with E-state index in [0.29, 0.717) is 0 Å². The van der Waals surface area contributed by atoms with Crippen molar-refractivity contribution in [1.29, 1.82) is 0 Å². The lowest BCUT2D eigenvalue weighted by Gasteiger charge is -2.09. The van der Waals surface area contributed by atoms with Crippen LogP contribution in [0.25, 0.3) is 0 Å². The summed E-state index contributed by atoms with van der Waals surface area (Å²) in [6, 6.07) is 0. The fourth-order valence-corrected chi connectivity index (χ4v) is 0.916. The monoisotopic (exact) mass is 178 g/mol. The van der Waals surface area contributed by atoms with Crippen LogP contribution in [0.3, 0.4) is 0 Å². The molecular formula is C8H6F4. The molecule has 0 N–H and O–H groups in total. The van der Waals surface area contributed by atoms with Crippen LogP contribution in [0.15, 0.2) is 29.3 Å². The molecule has 0 heterocycles. The lowest BCUT2D eigenvalue weighted by Crippen LogP contribution is -2.12. The Morgan fingerprint density at radius 3 is 2.58 bits per heavy atom. The van der Waals surface area contributed by atoms with Gasteiger partial charge in [0.1, 0.15) is 5.83 Å². The summed E-state index contributed by atoms with van der Waals surface area (Å²) in [5.74, 6) is -1.23. The number of rotatable bonds is 0. The van der Waals surface area contributed by atoms with E-state index in [0.717, 1.165) is 6.08 Å². The minimum absolute atomic E-state index is 0.179. The largest absolute Gasteiger partial charge is 0.415 e. The Morgan fingerprint density at radius 2 is 2.00 bits per heavy atom. The molecule has 0 bridgehead atoms. The maximum atomic E-state index is 12.6. The first-order valence-corrected chi connectivity index (χ1v) is 3.38. The quantitative estimate of drug-likeness (QED) is 0.394. The van der Waals surface area contributed by atoms with E-state index < -0.39 is 17.6 Å². The molecule has 1 aliphatic carbocycles. The normalized spacial score (nSPS) is 18.3. The standard InChI is InChI=1S/C8H6F4/c9-7-5-3-1-2-4-6(7)8(10,11)12/h1,5H,2,4H2. The Bertz CT molecular complexity index is 263. The second kappa shape index (κ2) is 3.15. The Labute approximate surface area is 66.9 Å². The number of allylic oxidation sites excluding steroid dienone is 3. The maximum Gasteiger partial charge on any atom is 0.415 e. The van der Waals surface area contributed by atoms with Gasteiger partial charge in [-0.3, -0.25) is 0 Å². The Kier molecular flexibility index (Phi) is 2.38. The predicted octanol–water partition coefficient (Wildman–Crippen LogP) is 3.28. The molecule has 0 saturated carbocycles. The summed E-state index contributed by atoms with van der Waals surface area (Å²) in [6.07, 6.45) is -2.58. The summed E-state index contributed by atoms with van der Waals surface area (Å²) >= 11 is 0. The van der Waals surface area contributed by atoms with Crippen molar-refractivity contribution in [2.75, 3.05) is 0 Å². The molecule has 0 amide bonds. The van der Waals surface area contributed by atoms with Crippen molar-refractivity contribution < 1.29 is 17.6 Å². The SMILES string of the molecule is FC1=C(C(F)(F)F)CCC=C=C1. The van der Waals surface area contributed by atoms with Crippen molar-refractivity contribution in [3.63, 3.8) is 0 Å². The van der Waals surface area contributed by atoms with Crippen LogP contribution in [0.5, 0.6) is 0 Å². The highest BCUT2D eigenvalue weighted by molar-refractivity contribution is 5.25. The van der Waals surface area contributed by atoms with Crippen molar-refractivity contribution in [2.24, 2.45) is 0 Å². The first-order chi connectivity index (χ1) is 5.52. The molecule has 4 heteroatoms. The van der Waals surface area contributed by atoms with Gasteiger partial charge in [0.05, 0.1) is 5.57 Å². The first kappa shape index (κ1) is 9.07. The fourth-order valence-electron chi connectivity index (χ4n) is 0.916. The zero-order valence-corrected chi connectivity index (χ0v) is 6.08. The lowest BCUT2D eigenvalue weighted by atomic mass is 10.1. The molecule has 0 atom stereocenters. The minimum Gasteiger partial charge on any atom is -0.206 e. The van der Waals surface area contributed by atoms with Gasteiger partial charge in [-0.25, -0.2) is 4.39 Å². The van der Waals surface area contributed by atoms with Gasteiger partial charge in [0.25, 0.3) is 0 Å². The van der Waals surface area contributed by atoms with Crippen molar-refractivity contribution in [3.8, 4) is 0 Å². The minimum atomic E-state index is -4.56. The number of hydrogen-bond acceptors (Lipinski definition) is 0. The molecule has 12 heavy (non-hydrogen) atoms. The third kappa shape index (κ3) is 1.98. The molecule has 0 unspecified atom stereocenters. The van der Waals surface area contributed by atoms with Crippen LogP contribution in [-0.4, -0.2) is 6.18 Å². The van der Waals surface area contributed by atoms with Crippen LogP contribution in [0.4, 0.5) is 17.6 Å². The van der Waals surface area contributed by atoms with E-state index in [1.807, 2.05) is 0 Å². The van der Waals surface area contributed by atoms with Gasteiger partial charge in [0, 0.05) is 6.08 Å². The van der Waals surface area contributed by atoms with E-state index in [-0.39, 0.29) is 12.8 Å². The average Bonchev–Trinajstić information content (AvgIpc) is 2.11. The summed E-state index contributed by atoms with van der Waals surface area (Å²) in [5.41, 5.74) is 1.22. The molecule has 1 rings (SSSR count). The highest BCUT2D eigenvalue weighted by atomic mass is 19.4. The highest BCUT2D eigenvalue weighted by Crippen LogP contribution is 2.33. The van der Waals surface area contributed by atoms with E-state index in [9.17, 15) is 17.6 Å². The highest BCUT2D eigenvalue weighted by Gasteiger charge is 2.35. The zero-order valence-electron chi connectivity index (χ0n) is 6.08. The first-order valence-electron chi connectivity index (χ1n) is 3.38. The molecule has 1 aliphatic rings. The second-order valence-corrected chi connectivity index (χ2v) is 2.38. The Hall–Kier alpha value is -1.02. The van der Waals surface area contributed by atoms with Crippen molar-refractivity contribution in [3.05, 3.63) is 29.3 Å². The second-order valence-electron chi connectivity index (χ2n) is 2.38. The van der Waals surface area contributed by atoms with Gasteiger partial charge in [-0.05, 0) is 18.9 Å². The third-order valence-electron chi connectivity index (χ3n) is 1.50. The molecule has 0 spiro atoms. The van der Waals surface area contributed by atoms with Gasteiger partial charge < -0.3 is 0 Å². The van der Waals surface area contributed by atoms with Crippen LogP contribution < -0.4 is 0 Å². The summed E-state index contributed by atoms with van der Waals surface area (Å²) < 4.78 is 48.7. The summed E-state index contributed by atoms with van der Waals surface area (Å²) in [7, 11) is 0. The molecule has 0 aliphatic heterocycles. The molecule has 0 radical (unpaired) electrons. The number of alkyl halides is 3. The van der Waals surface area contributed by atoms with Gasteiger partial charge in [0.2, 0.25) is 0 Å². The molecule has 66 valence electrons. The number of halogens is 4. The van der Waals surface area contributed by atoms with Gasteiger partial charge >= 0.3 is 6.18 Å². The van der Waals surface area contributed by atoms with Crippen molar-refractivity contribution in [2.45, 2.75) is 19.0 Å². The molecular weight excluding hydrogens is 172 g/mol. The fraction of sp³-hybridized carbons (Fsp3) is 0.375. The Morgan fingerprint density at radius 1 is 1.33 bits per heavy atom. The van der Waals surface area contributed by atoms with Gasteiger partial charge in [-0.2, -0.15) is 13.2 Å². The molecule has 0 saturated heterocycles. The van der Waals surface area contributed by atoms with Gasteiger partial charge in [0.15, 0.2) is 0 Å². The maximum absolute atomic E-state index is 12.6. The predicted molar refractivity (Wildman–Crippen MR) is 36.1 cm³/mol. The smallest absolute Gasteiger partial charge is 0.206 e. The lowest BCUT2D eigenvalue weighted by molar-refractivity contribution is -0.0955. The molecule has 0 aromatic heterocycles. The van der Waals surface area contributed by atoms with E-state index in [1.165, 1.54) is 6.08 Å². The van der Waals surface area contributed by atoms with E-state index in [1.54, 1.807) is 0 Å². The van der Waals surface area contributed by atoms with Crippen LogP contribution in [-0.2, 0) is 0 Å². The average molecular weight is 178 g/mol. The molecule has 0 aromatic carbocycles. The topological polar surface area (TPSA) is 0 Å². The summed E-state index contributed by atoms with van der Waals surface area (Å²) in [5, 5.41) is 0. The van der Waals surface area contributed by atoms with Crippen LogP contribution in [0, 0.1) is 0 Å². The molecule has 0 fully saturated rings. The van der Waals surface area contributed by atoms with E-state index in [4.69, 9.17) is 0 Å². The number of hydrogen-bond donors (Lipinski definition) is 0.